The van der Waals surface area contributed by atoms with Crippen molar-refractivity contribution in [3.8, 4) is 11.1 Å². The predicted molar refractivity (Wildman–Crippen MR) is 130 cm³/mol. The molecule has 2 N–H and O–H groups in total. The van der Waals surface area contributed by atoms with Crippen LogP contribution in [-0.4, -0.2) is 27.8 Å². The number of aryl methyl sites for hydroxylation is 1. The fourth-order valence-corrected chi connectivity index (χ4v) is 4.44. The van der Waals surface area contributed by atoms with Gasteiger partial charge in [0.25, 0.3) is 5.91 Å². The molecule has 1 aromatic heterocycles. The minimum atomic E-state index is -0.255. The van der Waals surface area contributed by atoms with Gasteiger partial charge in [-0.2, -0.15) is 0 Å². The number of carbonyl (C=O) groups excluding carboxylic acids is 2. The molecule has 4 aromatic rings. The van der Waals surface area contributed by atoms with E-state index < -0.39 is 0 Å². The van der Waals surface area contributed by atoms with Gasteiger partial charge < -0.3 is 5.32 Å². The van der Waals surface area contributed by atoms with Crippen LogP contribution in [0.5, 0.6) is 0 Å². The number of carbonyl (C=O) groups is 2. The first-order valence-electron chi connectivity index (χ1n) is 9.86. The van der Waals surface area contributed by atoms with Gasteiger partial charge >= 0.3 is 0 Å². The molecule has 0 radical (unpaired) electrons. The monoisotopic (exact) mass is 460 g/mol. The van der Waals surface area contributed by atoms with E-state index >= 15 is 0 Å². The normalized spacial score (nSPS) is 10.5. The molecule has 0 aliphatic carbocycles. The van der Waals surface area contributed by atoms with Crippen LogP contribution in [-0.2, 0) is 4.79 Å². The lowest BCUT2D eigenvalue weighted by molar-refractivity contribution is -0.113. The van der Waals surface area contributed by atoms with Gasteiger partial charge in [-0.3, -0.25) is 14.9 Å². The molecular weight excluding hydrogens is 440 g/mol. The van der Waals surface area contributed by atoms with E-state index in [1.807, 2.05) is 73.7 Å². The fourth-order valence-electron chi connectivity index (χ4n) is 2.89. The summed E-state index contributed by atoms with van der Waals surface area (Å²) in [6.07, 6.45) is 0. The van der Waals surface area contributed by atoms with Crippen LogP contribution in [0.4, 0.5) is 10.8 Å². The highest BCUT2D eigenvalue weighted by Crippen LogP contribution is 2.26. The largest absolute Gasteiger partial charge is 0.325 e. The lowest BCUT2D eigenvalue weighted by Crippen LogP contribution is -2.13. The molecule has 0 aliphatic rings. The van der Waals surface area contributed by atoms with Crippen LogP contribution in [0, 0.1) is 6.92 Å². The Morgan fingerprint density at radius 3 is 2.25 bits per heavy atom. The highest BCUT2D eigenvalue weighted by atomic mass is 32.2. The maximum absolute atomic E-state index is 12.5. The summed E-state index contributed by atoms with van der Waals surface area (Å²) < 4.78 is 0.610. The summed E-state index contributed by atoms with van der Waals surface area (Å²) in [6.45, 7) is 1.99. The second-order valence-corrected chi connectivity index (χ2v) is 9.17. The Labute approximate surface area is 194 Å². The number of nitrogens with one attached hydrogen (secondary N) is 2. The summed E-state index contributed by atoms with van der Waals surface area (Å²) in [5, 5.41) is 14.0. The van der Waals surface area contributed by atoms with Crippen LogP contribution in [0.25, 0.3) is 11.1 Å². The molecule has 3 aromatic carbocycles. The number of aromatic nitrogens is 2. The number of anilines is 2. The van der Waals surface area contributed by atoms with E-state index in [9.17, 15) is 9.59 Å². The molecule has 0 aliphatic heterocycles. The van der Waals surface area contributed by atoms with Crippen molar-refractivity contribution < 1.29 is 9.59 Å². The van der Waals surface area contributed by atoms with Gasteiger partial charge in [-0.15, -0.1) is 10.2 Å². The van der Waals surface area contributed by atoms with Crippen molar-refractivity contribution in [1.29, 1.82) is 0 Å². The molecule has 0 fully saturated rings. The van der Waals surface area contributed by atoms with Crippen LogP contribution in [0.1, 0.15) is 15.9 Å². The van der Waals surface area contributed by atoms with Crippen LogP contribution in [0.2, 0.25) is 0 Å². The third-order valence-corrected chi connectivity index (χ3v) is 6.52. The molecule has 0 saturated heterocycles. The van der Waals surface area contributed by atoms with Crippen molar-refractivity contribution in [3.63, 3.8) is 0 Å². The molecular formula is C24H20N4O2S2. The highest BCUT2D eigenvalue weighted by molar-refractivity contribution is 8.01. The Hall–Kier alpha value is -3.49. The third-order valence-electron chi connectivity index (χ3n) is 4.54. The number of hydrogen-bond donors (Lipinski definition) is 2. The van der Waals surface area contributed by atoms with Gasteiger partial charge in [-0.05, 0) is 42.3 Å². The molecule has 160 valence electrons. The third kappa shape index (κ3) is 5.81. The van der Waals surface area contributed by atoms with Crippen molar-refractivity contribution in [3.05, 3.63) is 90.0 Å². The average molecular weight is 461 g/mol. The second-order valence-electron chi connectivity index (χ2n) is 6.97. The molecule has 32 heavy (non-hydrogen) atoms. The SMILES string of the molecule is Cc1ccc(NC(=O)CSc2nnc(NC(=O)c3ccc(-c4ccccc4)cc3)s2)cc1. The number of amides is 2. The fraction of sp³-hybridized carbons (Fsp3) is 0.0833. The van der Waals surface area contributed by atoms with Crippen molar-refractivity contribution in [2.75, 3.05) is 16.4 Å². The summed E-state index contributed by atoms with van der Waals surface area (Å²) >= 11 is 2.51. The molecule has 4 rings (SSSR count). The minimum Gasteiger partial charge on any atom is -0.325 e. The summed E-state index contributed by atoms with van der Waals surface area (Å²) in [5.41, 5.74) is 4.56. The van der Waals surface area contributed by atoms with Crippen LogP contribution in [0.3, 0.4) is 0 Å². The van der Waals surface area contributed by atoms with Gasteiger partial charge in [0.05, 0.1) is 5.75 Å². The van der Waals surface area contributed by atoms with E-state index in [4.69, 9.17) is 0 Å². The summed E-state index contributed by atoms with van der Waals surface area (Å²) in [5.74, 6) is -0.176. The molecule has 2 amide bonds. The quantitative estimate of drug-likeness (QED) is 0.281. The smallest absolute Gasteiger partial charge is 0.257 e. The first-order chi connectivity index (χ1) is 15.6. The maximum atomic E-state index is 12.5. The van der Waals surface area contributed by atoms with E-state index in [2.05, 4.69) is 20.8 Å². The van der Waals surface area contributed by atoms with Gasteiger partial charge in [0.2, 0.25) is 11.0 Å². The van der Waals surface area contributed by atoms with Crippen molar-refractivity contribution in [2.45, 2.75) is 11.3 Å². The average Bonchev–Trinajstić information content (AvgIpc) is 3.27. The van der Waals surface area contributed by atoms with Gasteiger partial charge in [-0.25, -0.2) is 0 Å². The van der Waals surface area contributed by atoms with Gasteiger partial charge in [0, 0.05) is 11.3 Å². The van der Waals surface area contributed by atoms with Crippen molar-refractivity contribution in [1.82, 2.24) is 10.2 Å². The number of thioether (sulfide) groups is 1. The molecule has 0 spiro atoms. The molecule has 0 saturated carbocycles. The number of nitrogens with zero attached hydrogens (tertiary/aromatic N) is 2. The Balaban J connectivity index is 1.29. The maximum Gasteiger partial charge on any atom is 0.257 e. The van der Waals surface area contributed by atoms with E-state index in [0.29, 0.717) is 15.0 Å². The van der Waals surface area contributed by atoms with Crippen LogP contribution in [0.15, 0.2) is 83.2 Å². The lowest BCUT2D eigenvalue weighted by Gasteiger charge is -2.04. The standard InChI is InChI=1S/C24H20N4O2S2/c1-16-7-13-20(14-8-16)25-21(29)15-31-24-28-27-23(32-24)26-22(30)19-11-9-18(10-12-19)17-5-3-2-4-6-17/h2-14H,15H2,1H3,(H,25,29)(H,26,27,30). The molecule has 0 atom stereocenters. The van der Waals surface area contributed by atoms with Crippen LogP contribution >= 0.6 is 23.1 Å². The van der Waals surface area contributed by atoms with Crippen molar-refractivity contribution >= 4 is 45.7 Å². The molecule has 0 unspecified atom stereocenters. The first kappa shape index (κ1) is 21.7. The summed E-state index contributed by atoms with van der Waals surface area (Å²) in [6, 6.07) is 25.0. The second kappa shape index (κ2) is 10.2. The number of rotatable bonds is 7. The zero-order valence-corrected chi connectivity index (χ0v) is 18.9. The van der Waals surface area contributed by atoms with Crippen molar-refractivity contribution in [2.24, 2.45) is 0 Å². The van der Waals surface area contributed by atoms with E-state index in [1.54, 1.807) is 12.1 Å². The Kier molecular flexibility index (Phi) is 6.94. The Bertz CT molecular complexity index is 1210. The molecule has 0 bridgehead atoms. The first-order valence-corrected chi connectivity index (χ1v) is 11.7. The predicted octanol–water partition coefficient (Wildman–Crippen LogP) is 5.50. The number of hydrogen-bond acceptors (Lipinski definition) is 6. The molecule has 8 heteroatoms. The minimum absolute atomic E-state index is 0.127. The summed E-state index contributed by atoms with van der Waals surface area (Å²) in [4.78, 5) is 24.6. The van der Waals surface area contributed by atoms with Crippen LogP contribution < -0.4 is 10.6 Å². The zero-order chi connectivity index (χ0) is 22.3. The summed E-state index contributed by atoms with van der Waals surface area (Å²) in [7, 11) is 0. The van der Waals surface area contributed by atoms with Gasteiger partial charge in [0.1, 0.15) is 0 Å². The molecule has 1 heterocycles. The zero-order valence-electron chi connectivity index (χ0n) is 17.2. The van der Waals surface area contributed by atoms with Gasteiger partial charge in [-0.1, -0.05) is 83.3 Å². The lowest BCUT2D eigenvalue weighted by atomic mass is 10.0. The topological polar surface area (TPSA) is 84.0 Å². The van der Waals surface area contributed by atoms with Gasteiger partial charge in [0.15, 0.2) is 4.34 Å². The highest BCUT2D eigenvalue weighted by Gasteiger charge is 2.12. The van der Waals surface area contributed by atoms with E-state index in [0.717, 1.165) is 22.4 Å². The van der Waals surface area contributed by atoms with E-state index in [1.165, 1.54) is 23.1 Å². The Morgan fingerprint density at radius 2 is 1.53 bits per heavy atom. The molecule has 6 nitrogen and oxygen atoms in total. The van der Waals surface area contributed by atoms with E-state index in [-0.39, 0.29) is 17.6 Å². The number of benzene rings is 3. The Morgan fingerprint density at radius 1 is 0.844 bits per heavy atom.